The van der Waals surface area contributed by atoms with Gasteiger partial charge >= 0.3 is 0 Å². The molecule has 0 N–H and O–H groups in total. The first kappa shape index (κ1) is 12.9. The minimum Gasteiger partial charge on any atom is -0.293 e. The van der Waals surface area contributed by atoms with Gasteiger partial charge < -0.3 is 0 Å². The molecular weight excluding hydrogens is 265 g/mol. The molecule has 1 atom stereocenters. The quantitative estimate of drug-likeness (QED) is 0.598. The summed E-state index contributed by atoms with van der Waals surface area (Å²) in [6, 6.07) is 9.23. The molecule has 0 aromatic heterocycles. The average Bonchev–Trinajstić information content (AvgIpc) is 2.88. The van der Waals surface area contributed by atoms with Crippen LogP contribution in [0.25, 0.3) is 0 Å². The van der Waals surface area contributed by atoms with Gasteiger partial charge in [-0.15, -0.1) is 0 Å². The predicted octanol–water partition coefficient (Wildman–Crippen LogP) is 4.02. The zero-order valence-corrected chi connectivity index (χ0v) is 10.5. The highest BCUT2D eigenvalue weighted by molar-refractivity contribution is 6.01. The van der Waals surface area contributed by atoms with E-state index >= 15 is 0 Å². The molecule has 1 unspecified atom stereocenters. The zero-order chi connectivity index (χ0) is 14.3. The molecule has 0 heterocycles. The van der Waals surface area contributed by atoms with Crippen LogP contribution in [-0.2, 0) is 6.42 Å². The van der Waals surface area contributed by atoms with Gasteiger partial charge in [0.15, 0.2) is 23.2 Å². The van der Waals surface area contributed by atoms with Crippen molar-refractivity contribution < 1.29 is 18.0 Å². The Morgan fingerprint density at radius 2 is 1.75 bits per heavy atom. The molecule has 1 nitrogen and oxygen atoms in total. The van der Waals surface area contributed by atoms with Gasteiger partial charge in [-0.1, -0.05) is 24.3 Å². The summed E-state index contributed by atoms with van der Waals surface area (Å²) in [5.74, 6) is -5.26. The lowest BCUT2D eigenvalue weighted by Crippen LogP contribution is -2.13. The number of hydrogen-bond acceptors (Lipinski definition) is 1. The van der Waals surface area contributed by atoms with Crippen LogP contribution in [0.1, 0.15) is 33.8 Å². The lowest BCUT2D eigenvalue weighted by atomic mass is 9.92. The molecular formula is C16H11F3O. The van der Waals surface area contributed by atoms with E-state index in [0.717, 1.165) is 29.7 Å². The van der Waals surface area contributed by atoms with Crippen molar-refractivity contribution in [1.82, 2.24) is 0 Å². The Balaban J connectivity index is 2.01. The van der Waals surface area contributed by atoms with Gasteiger partial charge in [0.2, 0.25) is 0 Å². The first-order valence-electron chi connectivity index (χ1n) is 6.35. The van der Waals surface area contributed by atoms with Crippen LogP contribution in [0.4, 0.5) is 13.2 Å². The molecule has 102 valence electrons. The summed E-state index contributed by atoms with van der Waals surface area (Å²) in [4.78, 5) is 12.4. The highest BCUT2D eigenvalue weighted by atomic mass is 19.2. The van der Waals surface area contributed by atoms with Crippen molar-refractivity contribution >= 4 is 5.78 Å². The first-order chi connectivity index (χ1) is 9.59. The van der Waals surface area contributed by atoms with E-state index in [4.69, 9.17) is 0 Å². The molecule has 0 saturated carbocycles. The van der Waals surface area contributed by atoms with Crippen LogP contribution >= 0.6 is 0 Å². The first-order valence-corrected chi connectivity index (χ1v) is 6.35. The fourth-order valence-electron chi connectivity index (χ4n) is 2.73. The second-order valence-electron chi connectivity index (χ2n) is 4.88. The van der Waals surface area contributed by atoms with Gasteiger partial charge in [0.1, 0.15) is 0 Å². The van der Waals surface area contributed by atoms with Gasteiger partial charge in [-0.2, -0.15) is 0 Å². The number of ketones is 1. The van der Waals surface area contributed by atoms with Gasteiger partial charge in [-0.3, -0.25) is 4.79 Å². The number of rotatable bonds is 2. The largest absolute Gasteiger partial charge is 0.293 e. The smallest absolute Gasteiger partial charge is 0.195 e. The number of benzene rings is 2. The Morgan fingerprint density at radius 3 is 2.55 bits per heavy atom. The van der Waals surface area contributed by atoms with Crippen molar-refractivity contribution in [2.45, 2.75) is 18.8 Å². The molecule has 0 radical (unpaired) electrons. The van der Waals surface area contributed by atoms with Crippen LogP contribution in [0.2, 0.25) is 0 Å². The molecule has 3 rings (SSSR count). The number of hydrogen-bond donors (Lipinski definition) is 0. The van der Waals surface area contributed by atoms with Gasteiger partial charge in [0, 0.05) is 5.92 Å². The van der Waals surface area contributed by atoms with E-state index in [0.29, 0.717) is 6.42 Å². The summed E-state index contributed by atoms with van der Waals surface area (Å²) in [6.07, 6.45) is 1.30. The van der Waals surface area contributed by atoms with Crippen molar-refractivity contribution in [3.05, 3.63) is 70.5 Å². The molecule has 2 aromatic rings. The van der Waals surface area contributed by atoms with Gasteiger partial charge in [-0.05, 0) is 36.1 Å². The Hall–Kier alpha value is -2.10. The highest BCUT2D eigenvalue weighted by Crippen LogP contribution is 2.36. The minimum atomic E-state index is -1.60. The van der Waals surface area contributed by atoms with Crippen molar-refractivity contribution in [2.75, 3.05) is 0 Å². The normalized spacial score (nSPS) is 17.1. The summed E-state index contributed by atoms with van der Waals surface area (Å²) in [7, 11) is 0. The number of carbonyl (C=O) groups is 1. The molecule has 1 aliphatic rings. The van der Waals surface area contributed by atoms with Crippen LogP contribution < -0.4 is 0 Å². The van der Waals surface area contributed by atoms with Crippen LogP contribution in [0.5, 0.6) is 0 Å². The fourth-order valence-corrected chi connectivity index (χ4v) is 2.73. The lowest BCUT2D eigenvalue weighted by Gasteiger charge is -2.11. The molecule has 0 saturated heterocycles. The van der Waals surface area contributed by atoms with Crippen molar-refractivity contribution in [3.8, 4) is 0 Å². The number of Topliss-reactive ketones (excluding diaryl/α,β-unsaturated/α-hetero) is 1. The third-order valence-electron chi connectivity index (χ3n) is 3.75. The summed E-state index contributed by atoms with van der Waals surface area (Å²) < 4.78 is 39.9. The third-order valence-corrected chi connectivity index (χ3v) is 3.75. The number of carbonyl (C=O) groups excluding carboxylic acids is 1. The maximum atomic E-state index is 13.7. The second-order valence-corrected chi connectivity index (χ2v) is 4.88. The summed E-state index contributed by atoms with van der Waals surface area (Å²) in [5.41, 5.74) is 1.51. The molecule has 0 bridgehead atoms. The van der Waals surface area contributed by atoms with E-state index < -0.39 is 29.2 Å². The van der Waals surface area contributed by atoms with Crippen molar-refractivity contribution in [2.24, 2.45) is 0 Å². The minimum absolute atomic E-state index is 0.384. The third kappa shape index (κ3) is 1.92. The van der Waals surface area contributed by atoms with E-state index in [-0.39, 0.29) is 5.56 Å². The van der Waals surface area contributed by atoms with Crippen LogP contribution in [-0.4, -0.2) is 5.78 Å². The molecule has 2 aromatic carbocycles. The molecule has 0 amide bonds. The zero-order valence-electron chi connectivity index (χ0n) is 10.5. The lowest BCUT2D eigenvalue weighted by molar-refractivity contribution is 0.0954. The van der Waals surface area contributed by atoms with E-state index in [2.05, 4.69) is 0 Å². The monoisotopic (exact) mass is 276 g/mol. The predicted molar refractivity (Wildman–Crippen MR) is 68.2 cm³/mol. The molecule has 0 spiro atoms. The van der Waals surface area contributed by atoms with E-state index in [1.165, 1.54) is 0 Å². The van der Waals surface area contributed by atoms with Crippen LogP contribution in [0, 0.1) is 17.5 Å². The maximum Gasteiger partial charge on any atom is 0.195 e. The second kappa shape index (κ2) is 4.78. The molecule has 0 fully saturated rings. The maximum absolute atomic E-state index is 13.7. The Bertz CT molecular complexity index is 694. The summed E-state index contributed by atoms with van der Waals surface area (Å²) >= 11 is 0. The van der Waals surface area contributed by atoms with E-state index in [1.807, 2.05) is 24.3 Å². The molecule has 20 heavy (non-hydrogen) atoms. The number of halogens is 3. The SMILES string of the molecule is O=C(c1ccc(F)c(F)c1F)C1CCc2ccccc21. The van der Waals surface area contributed by atoms with Gasteiger partial charge in [0.05, 0.1) is 5.56 Å². The van der Waals surface area contributed by atoms with Gasteiger partial charge in [0.25, 0.3) is 0 Å². The molecule has 0 aliphatic heterocycles. The summed E-state index contributed by atoms with van der Waals surface area (Å²) in [6.45, 7) is 0. The fraction of sp³-hybridized carbons (Fsp3) is 0.188. The standard InChI is InChI=1S/C16H11F3O/c17-13-8-7-12(14(18)15(13)19)16(20)11-6-5-9-3-1-2-4-10(9)11/h1-4,7-8,11H,5-6H2. The van der Waals surface area contributed by atoms with Gasteiger partial charge in [-0.25, -0.2) is 13.2 Å². The Kier molecular flexibility index (Phi) is 3.08. The van der Waals surface area contributed by atoms with Crippen LogP contribution in [0.15, 0.2) is 36.4 Å². The molecule has 4 heteroatoms. The van der Waals surface area contributed by atoms with Crippen LogP contribution in [0.3, 0.4) is 0 Å². The number of fused-ring (bicyclic) bond motifs is 1. The Morgan fingerprint density at radius 1 is 1.00 bits per heavy atom. The van der Waals surface area contributed by atoms with Crippen molar-refractivity contribution in [1.29, 1.82) is 0 Å². The highest BCUT2D eigenvalue weighted by Gasteiger charge is 2.31. The van der Waals surface area contributed by atoms with E-state index in [1.54, 1.807) is 0 Å². The average molecular weight is 276 g/mol. The summed E-state index contributed by atoms with van der Waals surface area (Å²) in [5, 5.41) is 0. The van der Waals surface area contributed by atoms with Crippen molar-refractivity contribution in [3.63, 3.8) is 0 Å². The molecule has 1 aliphatic carbocycles. The topological polar surface area (TPSA) is 17.1 Å². The number of aryl methyl sites for hydroxylation is 1. The Labute approximate surface area is 114 Å². The van der Waals surface area contributed by atoms with E-state index in [9.17, 15) is 18.0 Å².